The zero-order valence-corrected chi connectivity index (χ0v) is 25.3. The van der Waals surface area contributed by atoms with E-state index >= 15 is 0 Å². The van der Waals surface area contributed by atoms with Crippen molar-refractivity contribution in [3.05, 3.63) is 60.2 Å². The van der Waals surface area contributed by atoms with Crippen molar-refractivity contribution in [2.45, 2.75) is 52.9 Å². The number of pyridine rings is 1. The van der Waals surface area contributed by atoms with Gasteiger partial charge in [0.25, 0.3) is 0 Å². The molecule has 5 rings (SSSR count). The van der Waals surface area contributed by atoms with Crippen LogP contribution in [0, 0.1) is 11.8 Å². The highest BCUT2D eigenvalue weighted by molar-refractivity contribution is 5.95. The number of carbonyl (C=O) groups is 2. The van der Waals surface area contributed by atoms with E-state index in [1.807, 2.05) is 19.1 Å². The Labute approximate surface area is 249 Å². The predicted molar refractivity (Wildman–Crippen MR) is 167 cm³/mol. The van der Waals surface area contributed by atoms with Crippen LogP contribution >= 0.6 is 0 Å². The van der Waals surface area contributed by atoms with Gasteiger partial charge >= 0.3 is 5.97 Å². The van der Waals surface area contributed by atoms with E-state index in [2.05, 4.69) is 71.1 Å². The molecule has 2 aliphatic rings. The highest BCUT2D eigenvalue weighted by Crippen LogP contribution is 2.29. The van der Waals surface area contributed by atoms with Crippen molar-refractivity contribution >= 4 is 34.2 Å². The van der Waals surface area contributed by atoms with Gasteiger partial charge in [-0.05, 0) is 60.7 Å². The van der Waals surface area contributed by atoms with Gasteiger partial charge < -0.3 is 14.4 Å². The van der Waals surface area contributed by atoms with Crippen molar-refractivity contribution in [3.63, 3.8) is 0 Å². The van der Waals surface area contributed by atoms with Crippen LogP contribution in [0.2, 0.25) is 0 Å². The number of carbonyl (C=O) groups excluding carboxylic acids is 2. The largest absolute Gasteiger partial charge is 0.478 e. The predicted octanol–water partition coefficient (Wildman–Crippen LogP) is 5.68. The average Bonchev–Trinajstić information content (AvgIpc) is 3.00. The van der Waals surface area contributed by atoms with Gasteiger partial charge in [-0.25, -0.2) is 0 Å². The normalized spacial score (nSPS) is 16.5. The van der Waals surface area contributed by atoms with Crippen molar-refractivity contribution in [1.29, 1.82) is 0 Å². The lowest BCUT2D eigenvalue weighted by Gasteiger charge is -2.36. The van der Waals surface area contributed by atoms with Gasteiger partial charge in [-0.1, -0.05) is 57.2 Å². The van der Waals surface area contributed by atoms with E-state index in [9.17, 15) is 9.59 Å². The van der Waals surface area contributed by atoms with Crippen molar-refractivity contribution in [1.82, 2.24) is 9.88 Å². The molecule has 1 saturated heterocycles. The first-order chi connectivity index (χ1) is 20.4. The fourth-order valence-corrected chi connectivity index (χ4v) is 5.60. The highest BCUT2D eigenvalue weighted by Gasteiger charge is 2.27. The molecule has 0 bridgehead atoms. The fourth-order valence-electron chi connectivity index (χ4n) is 5.60. The van der Waals surface area contributed by atoms with Crippen molar-refractivity contribution < 1.29 is 19.1 Å². The lowest BCUT2D eigenvalue weighted by Crippen LogP contribution is -2.46. The number of unbranched alkanes of at least 4 members (excludes halogenated alkanes) is 1. The van der Waals surface area contributed by atoms with Gasteiger partial charge in [-0.15, -0.1) is 0 Å². The first-order valence-electron chi connectivity index (χ1n) is 15.4. The van der Waals surface area contributed by atoms with Crippen LogP contribution in [-0.2, 0) is 20.7 Å². The molecule has 3 heterocycles. The van der Waals surface area contributed by atoms with Crippen LogP contribution in [0.25, 0.3) is 10.8 Å². The van der Waals surface area contributed by atoms with E-state index in [0.29, 0.717) is 43.5 Å². The zero-order chi connectivity index (χ0) is 29.5. The van der Waals surface area contributed by atoms with E-state index in [1.165, 1.54) is 21.4 Å². The Hall–Kier alpha value is -3.65. The summed E-state index contributed by atoms with van der Waals surface area (Å²) in [4.78, 5) is 36.1. The topological polar surface area (TPSA) is 75.2 Å². The van der Waals surface area contributed by atoms with E-state index in [1.54, 1.807) is 0 Å². The standard InChI is InChI=1S/C34H44N4O4/c1-25(2)26(3)23-33(40)42-24-38-32(39)16-14-28-13-15-31(35-34(28)38)41-22-7-6-17-36-18-20-37(21-19-36)30-12-8-10-27-9-4-5-11-29(27)30/h4-5,8-13,15,25-26H,6-7,14,16-24H2,1-3H3. The SMILES string of the molecule is CC(C)C(C)CC(=O)OCN1C(=O)CCc2ccc(OCCCCN3CCN(c4cccc5ccccc45)CC3)nc21. The molecule has 0 N–H and O–H groups in total. The molecule has 1 unspecified atom stereocenters. The molecule has 1 fully saturated rings. The maximum atomic E-state index is 12.7. The summed E-state index contributed by atoms with van der Waals surface area (Å²) in [6.07, 6.45) is 3.32. The Bertz CT molecular complexity index is 1360. The minimum Gasteiger partial charge on any atom is -0.478 e. The molecule has 1 aromatic heterocycles. The molecule has 2 aromatic carbocycles. The summed E-state index contributed by atoms with van der Waals surface area (Å²) in [7, 11) is 0. The quantitative estimate of drug-likeness (QED) is 0.204. The molecule has 0 aliphatic carbocycles. The summed E-state index contributed by atoms with van der Waals surface area (Å²) >= 11 is 0. The molecular formula is C34H44N4O4. The zero-order valence-electron chi connectivity index (χ0n) is 25.3. The molecule has 8 heteroatoms. The van der Waals surface area contributed by atoms with Gasteiger partial charge in [0.15, 0.2) is 6.73 Å². The summed E-state index contributed by atoms with van der Waals surface area (Å²) in [6.45, 7) is 11.9. The van der Waals surface area contributed by atoms with Gasteiger partial charge in [-0.3, -0.25) is 19.4 Å². The van der Waals surface area contributed by atoms with E-state index < -0.39 is 0 Å². The number of rotatable bonds is 12. The summed E-state index contributed by atoms with van der Waals surface area (Å²) in [5, 5.41) is 2.62. The third-order valence-electron chi connectivity index (χ3n) is 8.67. The highest BCUT2D eigenvalue weighted by atomic mass is 16.5. The van der Waals surface area contributed by atoms with Crippen LogP contribution in [0.1, 0.15) is 52.0 Å². The number of aryl methyl sites for hydroxylation is 1. The Balaban J connectivity index is 1.05. The van der Waals surface area contributed by atoms with Gasteiger partial charge in [0.05, 0.1) is 6.61 Å². The molecule has 42 heavy (non-hydrogen) atoms. The van der Waals surface area contributed by atoms with E-state index in [0.717, 1.165) is 51.1 Å². The second kappa shape index (κ2) is 14.0. The molecule has 0 radical (unpaired) electrons. The number of fused-ring (bicyclic) bond motifs is 2. The lowest BCUT2D eigenvalue weighted by molar-refractivity contribution is -0.145. The van der Waals surface area contributed by atoms with E-state index in [-0.39, 0.29) is 24.5 Å². The number of piperazine rings is 1. The Morgan fingerprint density at radius 3 is 2.52 bits per heavy atom. The maximum absolute atomic E-state index is 12.7. The third-order valence-corrected chi connectivity index (χ3v) is 8.67. The van der Waals surface area contributed by atoms with Crippen LogP contribution in [0.4, 0.5) is 11.5 Å². The minimum absolute atomic E-state index is 0.0857. The summed E-state index contributed by atoms with van der Waals surface area (Å²) in [5.74, 6) is 1.27. The van der Waals surface area contributed by atoms with E-state index in [4.69, 9.17) is 9.47 Å². The van der Waals surface area contributed by atoms with Crippen LogP contribution < -0.4 is 14.5 Å². The molecule has 0 saturated carbocycles. The van der Waals surface area contributed by atoms with Gasteiger partial charge in [0.1, 0.15) is 5.82 Å². The number of ether oxygens (including phenoxy) is 2. The summed E-state index contributed by atoms with van der Waals surface area (Å²) < 4.78 is 11.5. The monoisotopic (exact) mass is 572 g/mol. The molecule has 1 amide bonds. The second-order valence-electron chi connectivity index (χ2n) is 11.9. The smallest absolute Gasteiger partial charge is 0.307 e. The number of hydrogen-bond donors (Lipinski definition) is 0. The molecule has 1 atom stereocenters. The average molecular weight is 573 g/mol. The van der Waals surface area contributed by atoms with Crippen LogP contribution in [0.5, 0.6) is 5.88 Å². The first kappa shape index (κ1) is 29.8. The van der Waals surface area contributed by atoms with Crippen LogP contribution in [0.15, 0.2) is 54.6 Å². The van der Waals surface area contributed by atoms with Crippen LogP contribution in [-0.4, -0.2) is 67.8 Å². The summed E-state index contributed by atoms with van der Waals surface area (Å²) in [6, 6.07) is 19.0. The number of aromatic nitrogens is 1. The van der Waals surface area contributed by atoms with Crippen molar-refractivity contribution in [3.8, 4) is 5.88 Å². The second-order valence-corrected chi connectivity index (χ2v) is 11.9. The third kappa shape index (κ3) is 7.40. The Morgan fingerprint density at radius 2 is 1.71 bits per heavy atom. The van der Waals surface area contributed by atoms with Gasteiger partial charge in [0.2, 0.25) is 11.8 Å². The number of amides is 1. The molecular weight excluding hydrogens is 528 g/mol. The number of nitrogens with zero attached hydrogens (tertiary/aromatic N) is 4. The van der Waals surface area contributed by atoms with Crippen LogP contribution in [0.3, 0.4) is 0 Å². The van der Waals surface area contributed by atoms with Crippen molar-refractivity contribution in [2.75, 3.05) is 55.9 Å². The minimum atomic E-state index is -0.293. The Morgan fingerprint density at radius 1 is 0.929 bits per heavy atom. The molecule has 224 valence electrons. The number of esters is 1. The van der Waals surface area contributed by atoms with Crippen molar-refractivity contribution in [2.24, 2.45) is 11.8 Å². The first-order valence-corrected chi connectivity index (χ1v) is 15.4. The van der Waals surface area contributed by atoms with Gasteiger partial charge in [0, 0.05) is 56.2 Å². The number of hydrogen-bond acceptors (Lipinski definition) is 7. The number of anilines is 2. The Kier molecular flexibility index (Phi) is 9.95. The lowest BCUT2D eigenvalue weighted by atomic mass is 9.95. The van der Waals surface area contributed by atoms with Gasteiger partial charge in [-0.2, -0.15) is 4.98 Å². The molecule has 0 spiro atoms. The summed E-state index contributed by atoms with van der Waals surface area (Å²) in [5.41, 5.74) is 2.30. The number of benzene rings is 2. The molecule has 8 nitrogen and oxygen atoms in total. The maximum Gasteiger partial charge on any atom is 0.307 e. The fraction of sp³-hybridized carbons (Fsp3) is 0.500. The molecule has 2 aliphatic heterocycles. The molecule has 3 aromatic rings.